The molecule has 3 aliphatic rings. The topological polar surface area (TPSA) is 15.6 Å². The molecule has 128 valence electrons. The number of rotatable bonds is 5. The van der Waals surface area contributed by atoms with Crippen molar-refractivity contribution >= 4 is 5.71 Å². The van der Waals surface area contributed by atoms with Crippen LogP contribution in [0.1, 0.15) is 48.8 Å². The highest BCUT2D eigenvalue weighted by molar-refractivity contribution is 6.17. The molecule has 1 fully saturated rings. The third-order valence-electron chi connectivity index (χ3n) is 5.88. The summed E-state index contributed by atoms with van der Waals surface area (Å²) in [4.78, 5) is 7.22. The third kappa shape index (κ3) is 2.83. The highest BCUT2D eigenvalue weighted by Gasteiger charge is 2.33. The fourth-order valence-electron chi connectivity index (χ4n) is 4.67. The van der Waals surface area contributed by atoms with Gasteiger partial charge in [-0.3, -0.25) is 9.38 Å². The summed E-state index contributed by atoms with van der Waals surface area (Å²) in [5.74, 6) is 0.711. The van der Waals surface area contributed by atoms with Crippen LogP contribution >= 0.6 is 0 Å². The van der Waals surface area contributed by atoms with Gasteiger partial charge in [0.15, 0.2) is 0 Å². The average Bonchev–Trinajstić information content (AvgIpc) is 3.00. The molecule has 1 aliphatic heterocycles. The van der Waals surface area contributed by atoms with Crippen LogP contribution in [0.5, 0.6) is 0 Å². The molecule has 0 radical (unpaired) electrons. The Morgan fingerprint density at radius 1 is 1.29 bits per heavy atom. The maximum absolute atomic E-state index is 12.4. The fourth-order valence-corrected chi connectivity index (χ4v) is 4.67. The van der Waals surface area contributed by atoms with E-state index in [9.17, 15) is 4.39 Å². The monoisotopic (exact) mass is 326 g/mol. The van der Waals surface area contributed by atoms with Crippen molar-refractivity contribution in [2.75, 3.05) is 26.8 Å². The minimum Gasteiger partial charge on any atom is -0.302 e. The van der Waals surface area contributed by atoms with Gasteiger partial charge in [-0.2, -0.15) is 0 Å². The second-order valence-corrected chi connectivity index (χ2v) is 7.54. The van der Waals surface area contributed by atoms with Gasteiger partial charge >= 0.3 is 0 Å². The third-order valence-corrected chi connectivity index (χ3v) is 5.88. The number of aliphatic imine (C=N–C) groups is 1. The first kappa shape index (κ1) is 16.0. The van der Waals surface area contributed by atoms with Crippen LogP contribution in [0.25, 0.3) is 0 Å². The van der Waals surface area contributed by atoms with Crippen molar-refractivity contribution in [3.8, 4) is 0 Å². The van der Waals surface area contributed by atoms with Crippen LogP contribution in [-0.4, -0.2) is 37.4 Å². The van der Waals surface area contributed by atoms with Crippen molar-refractivity contribution in [3.63, 3.8) is 0 Å². The molecule has 0 spiro atoms. The number of allylic oxidation sites excluding steroid dienone is 1. The van der Waals surface area contributed by atoms with Crippen molar-refractivity contribution in [2.24, 2.45) is 10.9 Å². The second kappa shape index (κ2) is 6.79. The van der Waals surface area contributed by atoms with Crippen molar-refractivity contribution < 1.29 is 4.39 Å². The maximum Gasteiger partial charge on any atom is 0.0906 e. The summed E-state index contributed by atoms with van der Waals surface area (Å²) in [5, 5.41) is 0. The molecule has 0 amide bonds. The average molecular weight is 326 g/mol. The number of hydrogen-bond donors (Lipinski definition) is 0. The van der Waals surface area contributed by atoms with Gasteiger partial charge in [-0.1, -0.05) is 30.2 Å². The smallest absolute Gasteiger partial charge is 0.0906 e. The van der Waals surface area contributed by atoms with Crippen LogP contribution in [0.3, 0.4) is 0 Å². The fraction of sp³-hybridized carbons (Fsp3) is 0.571. The summed E-state index contributed by atoms with van der Waals surface area (Å²) in [6.45, 7) is 2.49. The van der Waals surface area contributed by atoms with Gasteiger partial charge in [-0.05, 0) is 49.4 Å². The van der Waals surface area contributed by atoms with E-state index in [4.69, 9.17) is 4.99 Å². The molecule has 0 saturated heterocycles. The van der Waals surface area contributed by atoms with Gasteiger partial charge in [-0.15, -0.1) is 0 Å². The molecule has 1 heterocycles. The standard InChI is InChI=1S/C21H27FN2/c1-24(11-5-10-22)14-16-7-4-9-18-19(16)12-20-17-8-3-2-6-15(17)13-23-21(18)20/h4,7,9,15H,2-3,5-6,8,10-14H2,1H3. The zero-order chi connectivity index (χ0) is 16.5. The quantitative estimate of drug-likeness (QED) is 0.786. The van der Waals surface area contributed by atoms with Crippen LogP contribution in [0.4, 0.5) is 4.39 Å². The first-order valence-corrected chi connectivity index (χ1v) is 9.40. The van der Waals surface area contributed by atoms with Gasteiger partial charge in [0.25, 0.3) is 0 Å². The van der Waals surface area contributed by atoms with E-state index in [-0.39, 0.29) is 6.67 Å². The summed E-state index contributed by atoms with van der Waals surface area (Å²) in [7, 11) is 2.09. The van der Waals surface area contributed by atoms with Gasteiger partial charge < -0.3 is 4.90 Å². The predicted molar refractivity (Wildman–Crippen MR) is 97.5 cm³/mol. The summed E-state index contributed by atoms with van der Waals surface area (Å²) in [5.41, 5.74) is 8.76. The van der Waals surface area contributed by atoms with Gasteiger partial charge in [0.05, 0.1) is 12.4 Å². The minimum atomic E-state index is -0.230. The first-order valence-electron chi connectivity index (χ1n) is 9.40. The van der Waals surface area contributed by atoms with Gasteiger partial charge in [0.1, 0.15) is 0 Å². The molecule has 1 aromatic carbocycles. The maximum atomic E-state index is 12.4. The Labute approximate surface area is 144 Å². The molecular formula is C21H27FN2. The van der Waals surface area contributed by atoms with Gasteiger partial charge in [0, 0.05) is 37.5 Å². The van der Waals surface area contributed by atoms with E-state index in [2.05, 4.69) is 30.1 Å². The number of halogens is 1. The molecule has 1 saturated carbocycles. The molecule has 0 bridgehead atoms. The van der Waals surface area contributed by atoms with E-state index >= 15 is 0 Å². The Morgan fingerprint density at radius 2 is 2.21 bits per heavy atom. The molecule has 1 unspecified atom stereocenters. The van der Waals surface area contributed by atoms with Crippen molar-refractivity contribution in [1.29, 1.82) is 0 Å². The number of benzene rings is 1. The van der Waals surface area contributed by atoms with Crippen LogP contribution in [0.2, 0.25) is 0 Å². The van der Waals surface area contributed by atoms with Crippen LogP contribution in [0, 0.1) is 5.92 Å². The second-order valence-electron chi connectivity index (χ2n) is 7.54. The van der Waals surface area contributed by atoms with Crippen molar-refractivity contribution in [1.82, 2.24) is 4.90 Å². The number of fused-ring (bicyclic) bond motifs is 4. The van der Waals surface area contributed by atoms with Crippen LogP contribution < -0.4 is 0 Å². The highest BCUT2D eigenvalue weighted by Crippen LogP contribution is 2.41. The van der Waals surface area contributed by atoms with Crippen molar-refractivity contribution in [2.45, 2.75) is 45.1 Å². The summed E-state index contributed by atoms with van der Waals surface area (Å²) < 4.78 is 12.4. The van der Waals surface area contributed by atoms with Crippen LogP contribution in [-0.2, 0) is 13.0 Å². The Balaban J connectivity index is 1.63. The lowest BCUT2D eigenvalue weighted by Gasteiger charge is -2.29. The molecule has 1 aromatic rings. The Hall–Kier alpha value is -1.48. The zero-order valence-electron chi connectivity index (χ0n) is 14.7. The number of dihydropyridines is 1. The lowest BCUT2D eigenvalue weighted by atomic mass is 9.79. The molecular weight excluding hydrogens is 299 g/mol. The van der Waals surface area contributed by atoms with E-state index in [0.717, 1.165) is 26.1 Å². The highest BCUT2D eigenvalue weighted by atomic mass is 19.1. The molecule has 1 atom stereocenters. The minimum absolute atomic E-state index is 0.230. The molecule has 2 nitrogen and oxygen atoms in total. The molecule has 0 N–H and O–H groups in total. The van der Waals surface area contributed by atoms with Gasteiger partial charge in [0.2, 0.25) is 0 Å². The first-order chi connectivity index (χ1) is 11.8. The Bertz CT molecular complexity index is 689. The normalized spacial score (nSPS) is 22.3. The summed E-state index contributed by atoms with van der Waals surface area (Å²) >= 11 is 0. The molecule has 0 aromatic heterocycles. The van der Waals surface area contributed by atoms with Crippen molar-refractivity contribution in [3.05, 3.63) is 46.0 Å². The molecule has 4 rings (SSSR count). The Kier molecular flexibility index (Phi) is 4.53. The van der Waals surface area contributed by atoms with E-state index in [1.807, 2.05) is 0 Å². The largest absolute Gasteiger partial charge is 0.302 e. The van der Waals surface area contributed by atoms with E-state index in [0.29, 0.717) is 12.3 Å². The Morgan fingerprint density at radius 3 is 3.08 bits per heavy atom. The van der Waals surface area contributed by atoms with E-state index in [1.165, 1.54) is 48.1 Å². The lowest BCUT2D eigenvalue weighted by Crippen LogP contribution is -2.22. The number of alkyl halides is 1. The molecule has 2 aliphatic carbocycles. The summed E-state index contributed by atoms with van der Waals surface area (Å²) in [6, 6.07) is 6.66. The molecule has 24 heavy (non-hydrogen) atoms. The van der Waals surface area contributed by atoms with Crippen LogP contribution in [0.15, 0.2) is 34.3 Å². The summed E-state index contributed by atoms with van der Waals surface area (Å²) in [6.07, 6.45) is 6.99. The van der Waals surface area contributed by atoms with E-state index in [1.54, 1.807) is 11.1 Å². The number of nitrogens with zero attached hydrogens (tertiary/aromatic N) is 2. The predicted octanol–water partition coefficient (Wildman–Crippen LogP) is 4.32. The zero-order valence-corrected chi connectivity index (χ0v) is 14.7. The van der Waals surface area contributed by atoms with Gasteiger partial charge in [-0.25, -0.2) is 0 Å². The lowest BCUT2D eigenvalue weighted by molar-refractivity contribution is 0.302. The molecule has 3 heteroatoms. The number of hydrogen-bond acceptors (Lipinski definition) is 2. The SMILES string of the molecule is CN(CCCF)Cc1cccc2c1CC1=C3CCCCC3CN=C12. The van der Waals surface area contributed by atoms with E-state index < -0.39 is 0 Å².